The largest absolute Gasteiger partial charge is 0.573 e. The van der Waals surface area contributed by atoms with Crippen molar-refractivity contribution >= 4 is 17.5 Å². The lowest BCUT2D eigenvalue weighted by Gasteiger charge is -2.31. The molecule has 1 unspecified atom stereocenters. The predicted molar refractivity (Wildman–Crippen MR) is 109 cm³/mol. The fraction of sp³-hybridized carbons (Fsp3) is 0.273. The van der Waals surface area contributed by atoms with Crippen molar-refractivity contribution in [3.63, 3.8) is 0 Å². The Kier molecular flexibility index (Phi) is 6.87. The van der Waals surface area contributed by atoms with Crippen LogP contribution in [0.3, 0.4) is 0 Å². The minimum Gasteiger partial charge on any atom is -0.539 e. The summed E-state index contributed by atoms with van der Waals surface area (Å²) in [5, 5.41) is 18.4. The number of nitrogens with one attached hydrogen (secondary N) is 1. The van der Waals surface area contributed by atoms with Crippen LogP contribution in [-0.4, -0.2) is 47.6 Å². The third-order valence-electron chi connectivity index (χ3n) is 5.05. The van der Waals surface area contributed by atoms with E-state index in [-0.39, 0.29) is 37.5 Å². The van der Waals surface area contributed by atoms with Gasteiger partial charge in [-0.05, 0) is 28.9 Å². The lowest BCUT2D eigenvalue weighted by molar-refractivity contribution is -0.678. The number of para-hydroxylation sites is 1. The van der Waals surface area contributed by atoms with Gasteiger partial charge in [-0.3, -0.25) is 9.59 Å². The molecule has 0 saturated carbocycles. The number of ether oxygens (including phenoxy) is 2. The number of carbonyl (C=O) groups is 2. The van der Waals surface area contributed by atoms with E-state index in [1.54, 1.807) is 30.3 Å². The molecule has 0 bridgehead atoms. The second kappa shape index (κ2) is 10.0. The van der Waals surface area contributed by atoms with Gasteiger partial charge in [0.05, 0.1) is 18.3 Å². The highest BCUT2D eigenvalue weighted by molar-refractivity contribution is 5.95. The Labute approximate surface area is 196 Å². The van der Waals surface area contributed by atoms with E-state index in [9.17, 15) is 27.9 Å². The van der Waals surface area contributed by atoms with Gasteiger partial charge in [0.1, 0.15) is 18.4 Å². The Hall–Kier alpha value is -4.13. The number of halogens is 3. The summed E-state index contributed by atoms with van der Waals surface area (Å²) in [6.45, 7) is 0.229. The summed E-state index contributed by atoms with van der Waals surface area (Å²) in [6.07, 6.45) is -6.26. The van der Waals surface area contributed by atoms with Crippen molar-refractivity contribution < 1.29 is 46.5 Å². The van der Waals surface area contributed by atoms with Gasteiger partial charge in [-0.25, -0.2) is 0 Å². The number of alkyl halides is 3. The first-order chi connectivity index (χ1) is 16.7. The quantitative estimate of drug-likeness (QED) is 0.498. The first kappa shape index (κ1) is 24.0. The normalized spacial score (nSPS) is 16.3. The molecule has 1 aliphatic heterocycles. The number of carbonyl (C=O) groups excluding carboxylic acids is 2. The topological polar surface area (TPSA) is 121 Å². The van der Waals surface area contributed by atoms with Gasteiger partial charge < -0.3 is 29.3 Å². The highest BCUT2D eigenvalue weighted by Gasteiger charge is 2.34. The van der Waals surface area contributed by atoms with E-state index in [0.29, 0.717) is 5.69 Å². The van der Waals surface area contributed by atoms with Gasteiger partial charge in [0, 0.05) is 24.4 Å². The Morgan fingerprint density at radius 3 is 2.60 bits per heavy atom. The molecule has 2 heterocycles. The maximum absolute atomic E-state index is 12.9. The minimum absolute atomic E-state index is 0.0990. The maximum atomic E-state index is 12.9. The van der Waals surface area contributed by atoms with Crippen LogP contribution < -0.4 is 19.8 Å². The SMILES string of the molecule is O=C(CC1OCCN(Cc2c([O-])on[n+]2-c2ccccc2)C1=O)Nc1ccc(OC(F)(F)F)cc1. The Morgan fingerprint density at radius 2 is 1.91 bits per heavy atom. The molecular formula is C22H19F3N4O6. The van der Waals surface area contributed by atoms with Gasteiger partial charge in [-0.15, -0.1) is 13.2 Å². The Balaban J connectivity index is 1.38. The van der Waals surface area contributed by atoms with Gasteiger partial charge in [0.25, 0.3) is 11.6 Å². The van der Waals surface area contributed by atoms with Crippen LogP contribution in [0, 0.1) is 0 Å². The maximum Gasteiger partial charge on any atom is 0.573 e. The second-order valence-electron chi connectivity index (χ2n) is 7.50. The first-order valence-corrected chi connectivity index (χ1v) is 10.4. The molecule has 0 radical (unpaired) electrons. The van der Waals surface area contributed by atoms with E-state index in [1.165, 1.54) is 21.7 Å². The number of morpholine rings is 1. The summed E-state index contributed by atoms with van der Waals surface area (Å²) in [6, 6.07) is 13.3. The van der Waals surface area contributed by atoms with Crippen LogP contribution in [0.5, 0.6) is 11.7 Å². The van der Waals surface area contributed by atoms with Crippen LogP contribution in [0.15, 0.2) is 59.1 Å². The summed E-state index contributed by atoms with van der Waals surface area (Å²) in [5.74, 6) is -2.21. The molecule has 1 aromatic heterocycles. The van der Waals surface area contributed by atoms with Crippen molar-refractivity contribution in [1.82, 2.24) is 10.2 Å². The van der Waals surface area contributed by atoms with Crippen LogP contribution >= 0.6 is 0 Å². The van der Waals surface area contributed by atoms with Crippen molar-refractivity contribution in [1.29, 1.82) is 0 Å². The van der Waals surface area contributed by atoms with Gasteiger partial charge in [-0.1, -0.05) is 18.2 Å². The zero-order valence-corrected chi connectivity index (χ0v) is 18.0. The number of nitrogens with zero attached hydrogens (tertiary/aromatic N) is 3. The molecule has 0 spiro atoms. The van der Waals surface area contributed by atoms with Crippen molar-refractivity contribution in [2.45, 2.75) is 25.4 Å². The first-order valence-electron chi connectivity index (χ1n) is 10.4. The average molecular weight is 492 g/mol. The minimum atomic E-state index is -4.82. The Bertz CT molecular complexity index is 1180. The van der Waals surface area contributed by atoms with Crippen LogP contribution in [0.4, 0.5) is 18.9 Å². The number of aromatic nitrogens is 2. The van der Waals surface area contributed by atoms with Crippen molar-refractivity contribution in [3.8, 4) is 17.4 Å². The van der Waals surface area contributed by atoms with E-state index in [0.717, 1.165) is 12.1 Å². The number of anilines is 1. The molecule has 1 atom stereocenters. The lowest BCUT2D eigenvalue weighted by atomic mass is 10.1. The van der Waals surface area contributed by atoms with Gasteiger partial charge in [0.2, 0.25) is 11.6 Å². The molecule has 35 heavy (non-hydrogen) atoms. The van der Waals surface area contributed by atoms with E-state index in [2.05, 4.69) is 15.3 Å². The van der Waals surface area contributed by atoms with Crippen LogP contribution in [0.25, 0.3) is 5.69 Å². The highest BCUT2D eigenvalue weighted by atomic mass is 19.4. The molecule has 2 aromatic carbocycles. The fourth-order valence-electron chi connectivity index (χ4n) is 3.46. The summed E-state index contributed by atoms with van der Waals surface area (Å²) >= 11 is 0. The zero-order valence-electron chi connectivity index (χ0n) is 18.0. The molecule has 1 saturated heterocycles. The van der Waals surface area contributed by atoms with E-state index < -0.39 is 36.0 Å². The van der Waals surface area contributed by atoms with Crippen LogP contribution in [0.1, 0.15) is 12.1 Å². The molecule has 0 aliphatic carbocycles. The lowest BCUT2D eigenvalue weighted by Crippen LogP contribution is -2.50. The van der Waals surface area contributed by atoms with Crippen molar-refractivity contribution in [3.05, 3.63) is 60.3 Å². The molecule has 13 heteroatoms. The monoisotopic (exact) mass is 492 g/mol. The molecule has 1 aliphatic rings. The van der Waals surface area contributed by atoms with Crippen molar-refractivity contribution in [2.75, 3.05) is 18.5 Å². The number of benzene rings is 2. The molecule has 1 N–H and O–H groups in total. The van der Waals surface area contributed by atoms with Crippen LogP contribution in [-0.2, 0) is 20.9 Å². The van der Waals surface area contributed by atoms with Crippen LogP contribution in [0.2, 0.25) is 0 Å². The van der Waals surface area contributed by atoms with Gasteiger partial charge >= 0.3 is 6.36 Å². The second-order valence-corrected chi connectivity index (χ2v) is 7.50. The zero-order chi connectivity index (χ0) is 25.0. The van der Waals surface area contributed by atoms with E-state index in [1.807, 2.05) is 0 Å². The summed E-state index contributed by atoms with van der Waals surface area (Å²) in [7, 11) is 0. The molecule has 184 valence electrons. The van der Waals surface area contributed by atoms with E-state index in [4.69, 9.17) is 9.26 Å². The third kappa shape index (κ3) is 6.06. The van der Waals surface area contributed by atoms with E-state index >= 15 is 0 Å². The summed E-state index contributed by atoms with van der Waals surface area (Å²) < 4.78 is 52.1. The summed E-state index contributed by atoms with van der Waals surface area (Å²) in [5.41, 5.74) is 0.932. The molecule has 2 amide bonds. The number of rotatable bonds is 7. The molecule has 4 rings (SSSR count). The average Bonchev–Trinajstić information content (AvgIpc) is 3.17. The molecular weight excluding hydrogens is 473 g/mol. The predicted octanol–water partition coefficient (Wildman–Crippen LogP) is 1.68. The van der Waals surface area contributed by atoms with Gasteiger partial charge in [0.15, 0.2) is 5.95 Å². The standard InChI is InChI=1S/C22H19F3N4O6/c23-22(24,25)34-16-8-6-14(7-9-16)26-19(30)12-18-20(31)28(10-11-33-18)13-17-21(32)35-27-29(17)15-4-2-1-3-5-15/h1-9,18H,10-13H2,(H-,26,27,30,32). The number of hydrogen-bond donors (Lipinski definition) is 1. The summed E-state index contributed by atoms with van der Waals surface area (Å²) in [4.78, 5) is 26.7. The third-order valence-corrected chi connectivity index (χ3v) is 5.05. The smallest absolute Gasteiger partial charge is 0.539 e. The molecule has 10 nitrogen and oxygen atoms in total. The molecule has 1 fully saturated rings. The highest BCUT2D eigenvalue weighted by Crippen LogP contribution is 2.24. The van der Waals surface area contributed by atoms with Crippen molar-refractivity contribution in [2.24, 2.45) is 0 Å². The Morgan fingerprint density at radius 1 is 1.20 bits per heavy atom. The van der Waals surface area contributed by atoms with Gasteiger partial charge in [-0.2, -0.15) is 0 Å². The number of amides is 2. The number of hydrogen-bond acceptors (Lipinski definition) is 7. The fourth-order valence-corrected chi connectivity index (χ4v) is 3.46. The molecule has 3 aromatic rings.